The topological polar surface area (TPSA) is 0 Å². The fourth-order valence-corrected chi connectivity index (χ4v) is 0.893. The molecule has 0 N–H and O–H groups in total. The molecule has 58 valence electrons. The molecule has 1 aromatic rings. The highest BCUT2D eigenvalue weighted by atomic mass is 127. The Balaban J connectivity index is 0. The van der Waals surface area contributed by atoms with Crippen molar-refractivity contribution in [1.29, 1.82) is 0 Å². The first-order valence-electron chi connectivity index (χ1n) is 2.51. The van der Waals surface area contributed by atoms with E-state index in [1.807, 2.05) is 0 Å². The first-order chi connectivity index (χ1) is 3.79. The van der Waals surface area contributed by atoms with Crippen LogP contribution in [0.5, 0.6) is 0 Å². The minimum atomic E-state index is 0. The van der Waals surface area contributed by atoms with Crippen LogP contribution in [0.15, 0.2) is 24.3 Å². The van der Waals surface area contributed by atoms with Gasteiger partial charge in [0.15, 0.2) is 0 Å². The van der Waals surface area contributed by atoms with Crippen LogP contribution in [0.3, 0.4) is 0 Å². The number of rotatable bonds is 0. The molecule has 0 atom stereocenters. The summed E-state index contributed by atoms with van der Waals surface area (Å²) >= 11 is 2.30. The highest BCUT2D eigenvalue weighted by molar-refractivity contribution is 14.1. The minimum absolute atomic E-state index is 0. The van der Waals surface area contributed by atoms with Crippen molar-refractivity contribution in [3.05, 3.63) is 33.4 Å². The van der Waals surface area contributed by atoms with Crippen LogP contribution in [-0.2, 0) is 0 Å². The summed E-state index contributed by atoms with van der Waals surface area (Å²) in [6, 6.07) is 8.44. The summed E-state index contributed by atoms with van der Waals surface area (Å²) in [5.74, 6) is 0. The Kier molecular flexibility index (Phi) is 6.97. The van der Waals surface area contributed by atoms with Gasteiger partial charge in [-0.3, -0.25) is 0 Å². The van der Waals surface area contributed by atoms with E-state index in [9.17, 15) is 0 Å². The van der Waals surface area contributed by atoms with Gasteiger partial charge in [0.2, 0.25) is 0 Å². The van der Waals surface area contributed by atoms with Gasteiger partial charge in [-0.1, -0.05) is 17.7 Å². The normalized spacial score (nSPS) is 7.40. The highest BCUT2D eigenvalue weighted by Gasteiger charge is 1.81. The monoisotopic (exact) mass is 256 g/mol. The maximum absolute atomic E-state index is 2.30. The minimum Gasteiger partial charge on any atom is -1.00 e. The van der Waals surface area contributed by atoms with Crippen molar-refractivity contribution in [2.24, 2.45) is 0 Å². The van der Waals surface area contributed by atoms with E-state index in [-0.39, 0.29) is 9.41 Å². The number of aryl methyl sites for hydroxylation is 1. The predicted molar refractivity (Wildman–Crippen MR) is 43.9 cm³/mol. The fourth-order valence-electron chi connectivity index (χ4n) is 0.533. The second-order valence-electron chi connectivity index (χ2n) is 1.80. The van der Waals surface area contributed by atoms with Crippen molar-refractivity contribution < 1.29 is 9.41 Å². The second-order valence-corrected chi connectivity index (χ2v) is 3.04. The molecule has 0 bridgehead atoms. The van der Waals surface area contributed by atoms with Crippen molar-refractivity contribution in [2.45, 2.75) is 6.92 Å². The first kappa shape index (κ1) is 12.5. The molecule has 0 fully saturated rings. The molecule has 0 spiro atoms. The molecule has 0 aliphatic heterocycles. The van der Waals surface area contributed by atoms with Crippen LogP contribution in [0.2, 0.25) is 0 Å². The van der Waals surface area contributed by atoms with Crippen LogP contribution in [0, 0.1) is 10.5 Å². The lowest BCUT2D eigenvalue weighted by molar-refractivity contribution is -0.001000. The van der Waals surface area contributed by atoms with Crippen molar-refractivity contribution in [2.75, 3.05) is 0 Å². The molecule has 3 heteroatoms. The lowest BCUT2D eigenvalue weighted by Gasteiger charge is -1.88. The quantitative estimate of drug-likeness (QED) is 0.425. The zero-order chi connectivity index (χ0) is 5.98. The van der Waals surface area contributed by atoms with E-state index in [0.29, 0.717) is 0 Å². The molecule has 0 radical (unpaired) electrons. The van der Waals surface area contributed by atoms with Gasteiger partial charge in [0.25, 0.3) is 0 Å². The van der Waals surface area contributed by atoms with Crippen LogP contribution in [0.4, 0.5) is 0 Å². The molecule has 0 unspecified atom stereocenters. The molecule has 0 nitrogen and oxygen atoms in total. The van der Waals surface area contributed by atoms with Crippen molar-refractivity contribution in [1.82, 2.24) is 0 Å². The molecule has 1 rings (SSSR count). The van der Waals surface area contributed by atoms with Crippen molar-refractivity contribution in [3.63, 3.8) is 0 Å². The van der Waals surface area contributed by atoms with Gasteiger partial charge in [-0.2, -0.15) is 0 Å². The summed E-state index contributed by atoms with van der Waals surface area (Å²) in [7, 11) is 0. The summed E-state index contributed by atoms with van der Waals surface area (Å²) in [5, 5.41) is 0. The van der Waals surface area contributed by atoms with Gasteiger partial charge in [-0.15, -0.1) is 0 Å². The first-order valence-corrected chi connectivity index (χ1v) is 3.59. The third-order valence-electron chi connectivity index (χ3n) is 1.01. The van der Waals surface area contributed by atoms with Gasteiger partial charge in [0.05, 0.1) is 0 Å². The lowest BCUT2D eigenvalue weighted by atomic mass is 10.2. The summed E-state index contributed by atoms with van der Waals surface area (Å²) in [6.07, 6.45) is 0. The standard InChI is InChI=1S/C7H7I.2FH/c1-6-2-4-7(8)5-3-6;;/h2-5H,1H3;2*1H/p-2. The Hall–Kier alpha value is -0.190. The van der Waals surface area contributed by atoms with Gasteiger partial charge in [0, 0.05) is 3.57 Å². The van der Waals surface area contributed by atoms with Crippen LogP contribution < -0.4 is 9.41 Å². The van der Waals surface area contributed by atoms with Gasteiger partial charge in [0.1, 0.15) is 0 Å². The Morgan fingerprint density at radius 2 is 1.40 bits per heavy atom. The Bertz CT molecular complexity index is 150. The van der Waals surface area contributed by atoms with Crippen molar-refractivity contribution >= 4 is 22.6 Å². The van der Waals surface area contributed by atoms with Gasteiger partial charge in [-0.05, 0) is 41.6 Å². The smallest absolute Gasteiger partial charge is 0.0130 e. The molecule has 10 heavy (non-hydrogen) atoms. The van der Waals surface area contributed by atoms with Crippen molar-refractivity contribution in [3.8, 4) is 0 Å². The van der Waals surface area contributed by atoms with E-state index in [1.54, 1.807) is 0 Å². The summed E-state index contributed by atoms with van der Waals surface area (Å²) in [4.78, 5) is 0. The molecule has 0 saturated heterocycles. The summed E-state index contributed by atoms with van der Waals surface area (Å²) in [6.45, 7) is 2.09. The summed E-state index contributed by atoms with van der Waals surface area (Å²) in [5.41, 5.74) is 1.32. The number of hydrogen-bond donors (Lipinski definition) is 0. The fraction of sp³-hybridized carbons (Fsp3) is 0.143. The predicted octanol–water partition coefficient (Wildman–Crippen LogP) is -3.39. The third kappa shape index (κ3) is 3.76. The lowest BCUT2D eigenvalue weighted by Crippen LogP contribution is -3.00. The van der Waals surface area contributed by atoms with E-state index >= 15 is 0 Å². The van der Waals surface area contributed by atoms with E-state index < -0.39 is 0 Å². The van der Waals surface area contributed by atoms with Crippen LogP contribution in [0.1, 0.15) is 5.56 Å². The maximum atomic E-state index is 2.30. The van der Waals surface area contributed by atoms with E-state index in [1.165, 1.54) is 9.13 Å². The molecular formula is C7H7F2I-2. The summed E-state index contributed by atoms with van der Waals surface area (Å²) < 4.78 is 1.30. The number of halogens is 3. The average Bonchev–Trinajstić information content (AvgIpc) is 1.77. The molecule has 0 saturated carbocycles. The molecule has 1 aromatic carbocycles. The number of benzene rings is 1. The van der Waals surface area contributed by atoms with Gasteiger partial charge < -0.3 is 9.41 Å². The van der Waals surface area contributed by atoms with Crippen LogP contribution in [0.25, 0.3) is 0 Å². The second kappa shape index (κ2) is 5.58. The molecule has 0 heterocycles. The molecular weight excluding hydrogens is 249 g/mol. The Morgan fingerprint density at radius 3 is 1.70 bits per heavy atom. The molecule has 0 aliphatic rings. The largest absolute Gasteiger partial charge is 1.00 e. The highest BCUT2D eigenvalue weighted by Crippen LogP contribution is 2.04. The SMILES string of the molecule is Cc1ccc(I)cc1.[F-].[F-]. The molecule has 0 amide bonds. The maximum Gasteiger partial charge on any atom is 0.0130 e. The average molecular weight is 256 g/mol. The third-order valence-corrected chi connectivity index (χ3v) is 1.73. The molecule has 0 aliphatic carbocycles. The Labute approximate surface area is 72.5 Å². The van der Waals surface area contributed by atoms with Gasteiger partial charge >= 0.3 is 0 Å². The van der Waals surface area contributed by atoms with E-state index in [2.05, 4.69) is 53.8 Å². The van der Waals surface area contributed by atoms with Crippen LogP contribution >= 0.6 is 22.6 Å². The van der Waals surface area contributed by atoms with E-state index in [0.717, 1.165) is 0 Å². The molecule has 0 aromatic heterocycles. The van der Waals surface area contributed by atoms with Gasteiger partial charge in [-0.25, -0.2) is 0 Å². The zero-order valence-electron chi connectivity index (χ0n) is 5.44. The van der Waals surface area contributed by atoms with Crippen LogP contribution in [-0.4, -0.2) is 0 Å². The zero-order valence-corrected chi connectivity index (χ0v) is 7.60. The number of hydrogen-bond acceptors (Lipinski definition) is 0. The van der Waals surface area contributed by atoms with E-state index in [4.69, 9.17) is 0 Å². The Morgan fingerprint density at radius 1 is 1.00 bits per heavy atom.